The van der Waals surface area contributed by atoms with Gasteiger partial charge in [0.25, 0.3) is 11.8 Å². The molecule has 2 heterocycles. The lowest BCUT2D eigenvalue weighted by atomic mass is 10.3. The number of carbonyl (C=O) groups excluding carboxylic acids is 3. The average Bonchev–Trinajstić information content (AvgIpc) is 2.64. The van der Waals surface area contributed by atoms with E-state index in [4.69, 9.17) is 4.74 Å². The first-order valence-corrected chi connectivity index (χ1v) is 5.60. The zero-order valence-electron chi connectivity index (χ0n) is 10.4. The van der Waals surface area contributed by atoms with Gasteiger partial charge in [-0.05, 0) is 13.8 Å². The van der Waals surface area contributed by atoms with E-state index in [0.717, 1.165) is 4.90 Å². The van der Waals surface area contributed by atoms with Crippen LogP contribution in [-0.4, -0.2) is 34.4 Å². The number of esters is 1. The summed E-state index contributed by atoms with van der Waals surface area (Å²) < 4.78 is 4.78. The minimum atomic E-state index is -0.553. The first kappa shape index (κ1) is 12.9. The zero-order valence-corrected chi connectivity index (χ0v) is 10.4. The summed E-state index contributed by atoms with van der Waals surface area (Å²) in [4.78, 5) is 43.2. The van der Waals surface area contributed by atoms with Gasteiger partial charge in [-0.3, -0.25) is 9.59 Å². The zero-order chi connectivity index (χ0) is 14.0. The van der Waals surface area contributed by atoms with Crippen LogP contribution >= 0.6 is 0 Å². The minimum Gasteiger partial charge on any atom is -0.462 e. The Kier molecular flexibility index (Phi) is 3.37. The van der Waals surface area contributed by atoms with Crippen LogP contribution in [0.5, 0.6) is 0 Å². The molecule has 0 saturated carbocycles. The van der Waals surface area contributed by atoms with Crippen LogP contribution in [0.2, 0.25) is 0 Å². The third kappa shape index (κ3) is 2.35. The van der Waals surface area contributed by atoms with E-state index in [-0.39, 0.29) is 18.1 Å². The summed E-state index contributed by atoms with van der Waals surface area (Å²) in [6.07, 6.45) is 3.65. The molecule has 2 amide bonds. The number of carbonyl (C=O) groups is 3. The van der Waals surface area contributed by atoms with Crippen molar-refractivity contribution < 1.29 is 19.1 Å². The first-order chi connectivity index (χ1) is 9.04. The van der Waals surface area contributed by atoms with Gasteiger partial charge in [0.05, 0.1) is 12.2 Å². The molecule has 1 aromatic rings. The molecule has 98 valence electrons. The van der Waals surface area contributed by atoms with Gasteiger partial charge in [0.1, 0.15) is 0 Å². The molecule has 0 aromatic carbocycles. The second-order valence-electron chi connectivity index (χ2n) is 3.80. The predicted octanol–water partition coefficient (Wildman–Crippen LogP) is 0.473. The Balaban J connectivity index is 2.22. The van der Waals surface area contributed by atoms with Gasteiger partial charge in [-0.2, -0.15) is 0 Å². The van der Waals surface area contributed by atoms with Crippen molar-refractivity contribution in [3.05, 3.63) is 29.6 Å². The Morgan fingerprint density at radius 2 is 1.95 bits per heavy atom. The highest BCUT2D eigenvalue weighted by molar-refractivity contribution is 6.29. The van der Waals surface area contributed by atoms with Crippen LogP contribution < -0.4 is 4.90 Å². The molecule has 0 fully saturated rings. The summed E-state index contributed by atoms with van der Waals surface area (Å²) in [5, 5.41) is 0. The number of rotatable bonds is 3. The van der Waals surface area contributed by atoms with Crippen molar-refractivity contribution in [1.29, 1.82) is 0 Å². The van der Waals surface area contributed by atoms with Gasteiger partial charge in [0, 0.05) is 24.0 Å². The molecule has 0 spiro atoms. The average molecular weight is 261 g/mol. The molecule has 1 aliphatic heterocycles. The van der Waals surface area contributed by atoms with Crippen LogP contribution in [0.15, 0.2) is 24.0 Å². The highest BCUT2D eigenvalue weighted by Crippen LogP contribution is 2.17. The number of amides is 2. The molecular formula is C12H11N3O4. The Morgan fingerprint density at radius 3 is 2.42 bits per heavy atom. The van der Waals surface area contributed by atoms with Crippen molar-refractivity contribution in [2.75, 3.05) is 11.5 Å². The molecule has 0 unspecified atom stereocenters. The third-order valence-corrected chi connectivity index (χ3v) is 2.45. The fourth-order valence-corrected chi connectivity index (χ4v) is 1.53. The van der Waals surface area contributed by atoms with Crippen molar-refractivity contribution in [3.63, 3.8) is 0 Å². The number of hydrogen-bond acceptors (Lipinski definition) is 6. The van der Waals surface area contributed by atoms with Gasteiger partial charge < -0.3 is 4.74 Å². The summed E-state index contributed by atoms with van der Waals surface area (Å²) in [5.41, 5.74) is 0.484. The lowest BCUT2D eigenvalue weighted by Crippen LogP contribution is -2.32. The Labute approximate surface area is 108 Å². The van der Waals surface area contributed by atoms with E-state index in [9.17, 15) is 14.4 Å². The van der Waals surface area contributed by atoms with Crippen molar-refractivity contribution >= 4 is 23.7 Å². The third-order valence-electron chi connectivity index (χ3n) is 2.45. The van der Waals surface area contributed by atoms with Crippen LogP contribution in [0.3, 0.4) is 0 Å². The maximum Gasteiger partial charge on any atom is 0.341 e. The summed E-state index contributed by atoms with van der Waals surface area (Å²) in [6.45, 7) is 3.46. The summed E-state index contributed by atoms with van der Waals surface area (Å²) in [6, 6.07) is 0. The van der Waals surface area contributed by atoms with E-state index >= 15 is 0 Å². The molecule has 1 aliphatic rings. The molecule has 2 rings (SSSR count). The quantitative estimate of drug-likeness (QED) is 0.580. The molecule has 0 atom stereocenters. The highest BCUT2D eigenvalue weighted by Gasteiger charge is 2.31. The largest absolute Gasteiger partial charge is 0.462 e. The standard InChI is InChI=1S/C12H11N3O4/c1-3-19-11(18)8-5-13-12(14-6-8)15-9(16)4-7(2)10(15)17/h4-6H,3H2,1-2H3. The molecule has 1 aromatic heterocycles. The predicted molar refractivity (Wildman–Crippen MR) is 64.2 cm³/mol. The van der Waals surface area contributed by atoms with Crippen molar-refractivity contribution in [1.82, 2.24) is 9.97 Å². The van der Waals surface area contributed by atoms with Crippen LogP contribution in [-0.2, 0) is 14.3 Å². The number of anilines is 1. The maximum absolute atomic E-state index is 11.7. The summed E-state index contributed by atoms with van der Waals surface area (Å²) >= 11 is 0. The van der Waals surface area contributed by atoms with Gasteiger partial charge in [0.2, 0.25) is 5.95 Å². The lowest BCUT2D eigenvalue weighted by molar-refractivity contribution is -0.120. The van der Waals surface area contributed by atoms with Crippen LogP contribution in [0.1, 0.15) is 24.2 Å². The van der Waals surface area contributed by atoms with E-state index in [1.54, 1.807) is 6.92 Å². The number of imide groups is 1. The van der Waals surface area contributed by atoms with Gasteiger partial charge in [-0.25, -0.2) is 19.7 Å². The van der Waals surface area contributed by atoms with Crippen molar-refractivity contribution in [2.24, 2.45) is 0 Å². The summed E-state index contributed by atoms with van der Waals surface area (Å²) in [5.74, 6) is -1.57. The van der Waals surface area contributed by atoms with Gasteiger partial charge in [-0.15, -0.1) is 0 Å². The molecule has 0 saturated heterocycles. The second kappa shape index (κ2) is 4.97. The molecular weight excluding hydrogens is 250 g/mol. The lowest BCUT2D eigenvalue weighted by Gasteiger charge is -2.11. The Bertz CT molecular complexity index is 577. The second-order valence-corrected chi connectivity index (χ2v) is 3.80. The minimum absolute atomic E-state index is 0.0591. The van der Waals surface area contributed by atoms with Crippen LogP contribution in [0.4, 0.5) is 5.95 Å². The Morgan fingerprint density at radius 1 is 1.32 bits per heavy atom. The molecule has 0 bridgehead atoms. The fraction of sp³-hybridized carbons (Fsp3) is 0.250. The SMILES string of the molecule is CCOC(=O)c1cnc(N2C(=O)C=C(C)C2=O)nc1. The normalized spacial score (nSPS) is 14.6. The number of aromatic nitrogens is 2. The maximum atomic E-state index is 11.7. The van der Waals surface area contributed by atoms with Gasteiger partial charge in [0.15, 0.2) is 0 Å². The van der Waals surface area contributed by atoms with Gasteiger partial charge in [-0.1, -0.05) is 0 Å². The smallest absolute Gasteiger partial charge is 0.341 e. The van der Waals surface area contributed by atoms with E-state index in [1.165, 1.54) is 25.4 Å². The summed E-state index contributed by atoms with van der Waals surface area (Å²) in [7, 11) is 0. The van der Waals surface area contributed by atoms with E-state index < -0.39 is 17.8 Å². The monoisotopic (exact) mass is 261 g/mol. The van der Waals surface area contributed by atoms with E-state index in [2.05, 4.69) is 9.97 Å². The first-order valence-electron chi connectivity index (χ1n) is 5.60. The number of hydrogen-bond donors (Lipinski definition) is 0. The van der Waals surface area contributed by atoms with E-state index in [0.29, 0.717) is 5.57 Å². The Hall–Kier alpha value is -2.57. The molecule has 7 heteroatoms. The molecule has 0 radical (unpaired) electrons. The van der Waals surface area contributed by atoms with Crippen LogP contribution in [0.25, 0.3) is 0 Å². The van der Waals surface area contributed by atoms with E-state index in [1.807, 2.05) is 0 Å². The fourth-order valence-electron chi connectivity index (χ4n) is 1.53. The topological polar surface area (TPSA) is 89.5 Å². The van der Waals surface area contributed by atoms with Gasteiger partial charge >= 0.3 is 5.97 Å². The highest BCUT2D eigenvalue weighted by atomic mass is 16.5. The number of nitrogens with zero attached hydrogens (tertiary/aromatic N) is 3. The molecule has 0 N–H and O–H groups in total. The number of ether oxygens (including phenoxy) is 1. The van der Waals surface area contributed by atoms with Crippen molar-refractivity contribution in [2.45, 2.75) is 13.8 Å². The molecule has 7 nitrogen and oxygen atoms in total. The molecule has 0 aliphatic carbocycles. The van der Waals surface area contributed by atoms with Crippen LogP contribution in [0, 0.1) is 0 Å². The molecule has 19 heavy (non-hydrogen) atoms. The van der Waals surface area contributed by atoms with Crippen molar-refractivity contribution in [3.8, 4) is 0 Å².